The molecule has 1 atom stereocenters. The first-order chi connectivity index (χ1) is 11.6. The number of benzene rings is 1. The topological polar surface area (TPSA) is 111 Å². The molecule has 24 heavy (non-hydrogen) atoms. The Kier molecular flexibility index (Phi) is 8.47. The number of carbonyl (C=O) groups excluding carboxylic acids is 2. The van der Waals surface area contributed by atoms with Crippen molar-refractivity contribution in [3.8, 4) is 11.8 Å². The molecule has 2 amide bonds. The molecule has 0 spiro atoms. The Morgan fingerprint density at radius 2 is 2.04 bits per heavy atom. The second kappa shape index (κ2) is 10.7. The number of hydrogen-bond acceptors (Lipinski definition) is 5. The first kappa shape index (κ1) is 19.0. The maximum Gasteiger partial charge on any atom is 0.407 e. The maximum atomic E-state index is 12.3. The molecule has 3 N–H and O–H groups in total. The molecule has 0 fully saturated rings. The molecule has 0 saturated carbocycles. The molecule has 0 heterocycles. The first-order valence-corrected chi connectivity index (χ1v) is 7.53. The Morgan fingerprint density at radius 3 is 2.67 bits per heavy atom. The smallest absolute Gasteiger partial charge is 0.407 e. The maximum absolute atomic E-state index is 12.3. The average molecular weight is 331 g/mol. The molecule has 0 aliphatic carbocycles. The molecule has 0 bridgehead atoms. The van der Waals surface area contributed by atoms with E-state index in [1.807, 2.05) is 6.07 Å². The number of nitriles is 1. The number of phenols is 1. The van der Waals surface area contributed by atoms with Crippen LogP contribution in [-0.2, 0) is 9.53 Å². The van der Waals surface area contributed by atoms with Gasteiger partial charge in [-0.2, -0.15) is 5.26 Å². The quantitative estimate of drug-likeness (QED) is 0.472. The lowest BCUT2D eigenvalue weighted by atomic mass is 9.98. The zero-order valence-corrected chi connectivity index (χ0v) is 13.3. The zero-order valence-electron chi connectivity index (χ0n) is 13.3. The van der Waals surface area contributed by atoms with Gasteiger partial charge in [-0.25, -0.2) is 4.79 Å². The summed E-state index contributed by atoms with van der Waals surface area (Å²) >= 11 is 0. The van der Waals surface area contributed by atoms with Crippen LogP contribution in [0.25, 0.3) is 0 Å². The lowest BCUT2D eigenvalue weighted by molar-refractivity contribution is -0.122. The third-order valence-corrected chi connectivity index (χ3v) is 3.15. The van der Waals surface area contributed by atoms with Gasteiger partial charge in [-0.3, -0.25) is 4.79 Å². The molecule has 1 aromatic carbocycles. The van der Waals surface area contributed by atoms with Crippen LogP contribution in [0.3, 0.4) is 0 Å². The van der Waals surface area contributed by atoms with Crippen molar-refractivity contribution in [2.75, 3.05) is 19.7 Å². The van der Waals surface area contributed by atoms with Gasteiger partial charge in [-0.05, 0) is 24.1 Å². The molecule has 0 saturated heterocycles. The van der Waals surface area contributed by atoms with E-state index in [0.29, 0.717) is 12.0 Å². The van der Waals surface area contributed by atoms with Crippen LogP contribution < -0.4 is 10.6 Å². The fraction of sp³-hybridized carbons (Fsp3) is 0.353. The molecule has 1 aromatic rings. The highest BCUT2D eigenvalue weighted by Crippen LogP contribution is 2.19. The molecular formula is C17H21N3O4. The minimum absolute atomic E-state index is 0.0378. The number of aromatic hydroxyl groups is 1. The molecule has 0 radical (unpaired) electrons. The van der Waals surface area contributed by atoms with Gasteiger partial charge in [-0.15, -0.1) is 6.58 Å². The van der Waals surface area contributed by atoms with E-state index >= 15 is 0 Å². The monoisotopic (exact) mass is 331 g/mol. The molecule has 1 rings (SSSR count). The van der Waals surface area contributed by atoms with Gasteiger partial charge in [0.15, 0.2) is 0 Å². The van der Waals surface area contributed by atoms with E-state index in [2.05, 4.69) is 17.2 Å². The largest absolute Gasteiger partial charge is 0.508 e. The van der Waals surface area contributed by atoms with Crippen LogP contribution in [0.15, 0.2) is 36.9 Å². The van der Waals surface area contributed by atoms with Crippen LogP contribution >= 0.6 is 0 Å². The summed E-state index contributed by atoms with van der Waals surface area (Å²) in [6, 6.07) is 8.09. The summed E-state index contributed by atoms with van der Waals surface area (Å²) in [5, 5.41) is 23.1. The number of hydrogen-bond donors (Lipinski definition) is 3. The number of nitrogens with zero attached hydrogens (tertiary/aromatic N) is 1. The van der Waals surface area contributed by atoms with E-state index in [9.17, 15) is 14.7 Å². The second-order valence-electron chi connectivity index (χ2n) is 4.94. The average Bonchev–Trinajstić information content (AvgIpc) is 2.57. The van der Waals surface area contributed by atoms with Crippen molar-refractivity contribution < 1.29 is 19.4 Å². The summed E-state index contributed by atoms with van der Waals surface area (Å²) < 4.78 is 4.93. The predicted octanol–water partition coefficient (Wildman–Crippen LogP) is 1.81. The van der Waals surface area contributed by atoms with Crippen LogP contribution in [0.2, 0.25) is 0 Å². The SMILES string of the molecule is C=CCCOC(=O)NCC(C(=O)NCCC#N)c1ccc(O)cc1. The fourth-order valence-corrected chi connectivity index (χ4v) is 1.90. The van der Waals surface area contributed by atoms with Crippen LogP contribution in [0, 0.1) is 11.3 Å². The highest BCUT2D eigenvalue weighted by molar-refractivity contribution is 5.84. The Labute approximate surface area is 140 Å². The molecule has 7 nitrogen and oxygen atoms in total. The summed E-state index contributed by atoms with van der Waals surface area (Å²) in [6.45, 7) is 4.01. The van der Waals surface area contributed by atoms with Crippen LogP contribution in [-0.4, -0.2) is 36.8 Å². The number of phenolic OH excluding ortho intramolecular Hbond substituents is 1. The molecule has 0 aromatic heterocycles. The van der Waals surface area contributed by atoms with Crippen LogP contribution in [0.1, 0.15) is 24.3 Å². The van der Waals surface area contributed by atoms with E-state index in [1.165, 1.54) is 12.1 Å². The normalized spacial score (nSPS) is 11.0. The van der Waals surface area contributed by atoms with Gasteiger partial charge in [-0.1, -0.05) is 18.2 Å². The Bertz CT molecular complexity index is 593. The Hall–Kier alpha value is -3.01. The molecule has 0 aliphatic heterocycles. The Balaban J connectivity index is 2.68. The Morgan fingerprint density at radius 1 is 1.33 bits per heavy atom. The minimum atomic E-state index is -0.656. The summed E-state index contributed by atoms with van der Waals surface area (Å²) in [7, 11) is 0. The summed E-state index contributed by atoms with van der Waals surface area (Å²) in [5.74, 6) is -0.891. The highest BCUT2D eigenvalue weighted by Gasteiger charge is 2.21. The number of nitrogens with one attached hydrogen (secondary N) is 2. The van der Waals surface area contributed by atoms with E-state index in [0.717, 1.165) is 0 Å². The molecule has 7 heteroatoms. The molecule has 128 valence electrons. The lowest BCUT2D eigenvalue weighted by Crippen LogP contribution is -2.38. The minimum Gasteiger partial charge on any atom is -0.508 e. The van der Waals surface area contributed by atoms with Crippen molar-refractivity contribution in [1.82, 2.24) is 10.6 Å². The number of rotatable bonds is 9. The molecular weight excluding hydrogens is 310 g/mol. The molecule has 1 unspecified atom stereocenters. The van der Waals surface area contributed by atoms with Crippen LogP contribution in [0.5, 0.6) is 5.75 Å². The van der Waals surface area contributed by atoms with Gasteiger partial charge >= 0.3 is 6.09 Å². The zero-order chi connectivity index (χ0) is 17.8. The van der Waals surface area contributed by atoms with Crippen molar-refractivity contribution in [3.05, 3.63) is 42.5 Å². The third-order valence-electron chi connectivity index (χ3n) is 3.15. The van der Waals surface area contributed by atoms with Crippen molar-refractivity contribution in [1.29, 1.82) is 5.26 Å². The van der Waals surface area contributed by atoms with Gasteiger partial charge in [0.2, 0.25) is 5.91 Å². The van der Waals surface area contributed by atoms with E-state index in [4.69, 9.17) is 10.00 Å². The second-order valence-corrected chi connectivity index (χ2v) is 4.94. The van der Waals surface area contributed by atoms with Crippen LogP contribution in [0.4, 0.5) is 4.79 Å². The summed E-state index contributed by atoms with van der Waals surface area (Å²) in [4.78, 5) is 23.9. The van der Waals surface area contributed by atoms with Gasteiger partial charge in [0.05, 0.1) is 25.0 Å². The van der Waals surface area contributed by atoms with E-state index in [1.54, 1.807) is 18.2 Å². The lowest BCUT2D eigenvalue weighted by Gasteiger charge is -2.17. The van der Waals surface area contributed by atoms with Crippen molar-refractivity contribution >= 4 is 12.0 Å². The van der Waals surface area contributed by atoms with Gasteiger partial charge in [0, 0.05) is 13.1 Å². The molecule has 0 aliphatic rings. The van der Waals surface area contributed by atoms with Gasteiger partial charge in [0.1, 0.15) is 5.75 Å². The van der Waals surface area contributed by atoms with Gasteiger partial charge < -0.3 is 20.5 Å². The standard InChI is InChI=1S/C17H21N3O4/c1-2-3-11-24-17(23)20-12-15(16(22)19-10-4-9-18)13-5-7-14(21)8-6-13/h2,5-8,15,21H,1,3-4,10-12H2,(H,19,22)(H,20,23). The third kappa shape index (κ3) is 6.83. The number of alkyl carbamates (subject to hydrolysis) is 1. The van der Waals surface area contributed by atoms with E-state index in [-0.39, 0.29) is 37.8 Å². The first-order valence-electron chi connectivity index (χ1n) is 7.53. The number of carbonyl (C=O) groups is 2. The summed E-state index contributed by atoms with van der Waals surface area (Å²) in [6.07, 6.45) is 1.76. The van der Waals surface area contributed by atoms with Crippen molar-refractivity contribution in [2.24, 2.45) is 0 Å². The summed E-state index contributed by atoms with van der Waals surface area (Å²) in [5.41, 5.74) is 0.633. The fourth-order valence-electron chi connectivity index (χ4n) is 1.90. The number of amides is 2. The highest BCUT2D eigenvalue weighted by atomic mass is 16.5. The predicted molar refractivity (Wildman–Crippen MR) is 88.3 cm³/mol. The van der Waals surface area contributed by atoms with Crippen molar-refractivity contribution in [2.45, 2.75) is 18.8 Å². The van der Waals surface area contributed by atoms with Crippen molar-refractivity contribution in [3.63, 3.8) is 0 Å². The van der Waals surface area contributed by atoms with E-state index < -0.39 is 12.0 Å². The number of ether oxygens (including phenoxy) is 1. The van der Waals surface area contributed by atoms with Gasteiger partial charge in [0.25, 0.3) is 0 Å².